The highest BCUT2D eigenvalue weighted by Crippen LogP contribution is 2.31. The van der Waals surface area contributed by atoms with Gasteiger partial charge in [-0.2, -0.15) is 5.10 Å². The van der Waals surface area contributed by atoms with Crippen LogP contribution in [0, 0.1) is 6.92 Å². The summed E-state index contributed by atoms with van der Waals surface area (Å²) in [5.41, 5.74) is 8.47. The van der Waals surface area contributed by atoms with E-state index in [9.17, 15) is 0 Å². The number of hydrogen-bond acceptors (Lipinski definition) is 4. The molecular formula is C15H29N5. The first kappa shape index (κ1) is 15.3. The van der Waals surface area contributed by atoms with E-state index in [-0.39, 0.29) is 6.04 Å². The molecular weight excluding hydrogens is 250 g/mol. The van der Waals surface area contributed by atoms with E-state index in [0.717, 1.165) is 25.2 Å². The van der Waals surface area contributed by atoms with Crippen molar-refractivity contribution in [3.63, 3.8) is 0 Å². The molecule has 114 valence electrons. The van der Waals surface area contributed by atoms with Crippen molar-refractivity contribution in [1.29, 1.82) is 0 Å². The predicted octanol–water partition coefficient (Wildman–Crippen LogP) is 1.15. The summed E-state index contributed by atoms with van der Waals surface area (Å²) in [4.78, 5) is 4.81. The Kier molecular flexibility index (Phi) is 4.70. The van der Waals surface area contributed by atoms with Crippen LogP contribution < -0.4 is 10.6 Å². The zero-order valence-corrected chi connectivity index (χ0v) is 13.6. The highest BCUT2D eigenvalue weighted by Gasteiger charge is 2.30. The quantitative estimate of drug-likeness (QED) is 0.878. The summed E-state index contributed by atoms with van der Waals surface area (Å²) in [6.45, 7) is 6.39. The van der Waals surface area contributed by atoms with E-state index < -0.39 is 0 Å². The summed E-state index contributed by atoms with van der Waals surface area (Å²) in [6.07, 6.45) is 3.43. The Balaban J connectivity index is 2.30. The van der Waals surface area contributed by atoms with Crippen molar-refractivity contribution >= 4 is 5.82 Å². The Morgan fingerprint density at radius 2 is 2.15 bits per heavy atom. The molecule has 5 heteroatoms. The Morgan fingerprint density at radius 1 is 1.45 bits per heavy atom. The zero-order valence-electron chi connectivity index (χ0n) is 13.6. The molecule has 20 heavy (non-hydrogen) atoms. The molecule has 0 aliphatic carbocycles. The monoisotopic (exact) mass is 279 g/mol. The van der Waals surface area contributed by atoms with Crippen LogP contribution in [0.1, 0.15) is 31.0 Å². The van der Waals surface area contributed by atoms with Gasteiger partial charge in [0, 0.05) is 37.8 Å². The molecule has 1 saturated heterocycles. The summed E-state index contributed by atoms with van der Waals surface area (Å²) in [5.74, 6) is 1.28. The second kappa shape index (κ2) is 6.14. The average Bonchev–Trinajstić information content (AvgIpc) is 2.84. The molecule has 2 unspecified atom stereocenters. The number of aromatic nitrogens is 2. The standard InChI is InChI=1S/C15H29N5/c1-11(16)9-14-12(2)17-19(5)15(14)20-8-6-7-13(20)10-18(3)4/h11,13H,6-10,16H2,1-5H3. The van der Waals surface area contributed by atoms with Crippen molar-refractivity contribution in [3.8, 4) is 0 Å². The van der Waals surface area contributed by atoms with Gasteiger partial charge in [0.1, 0.15) is 5.82 Å². The van der Waals surface area contributed by atoms with Crippen molar-refractivity contribution < 1.29 is 0 Å². The summed E-state index contributed by atoms with van der Waals surface area (Å²) in [7, 11) is 6.35. The van der Waals surface area contributed by atoms with Crippen LogP contribution in [0.15, 0.2) is 0 Å². The van der Waals surface area contributed by atoms with Crippen molar-refractivity contribution in [2.75, 3.05) is 32.1 Å². The molecule has 0 aromatic carbocycles. The molecule has 1 aromatic rings. The van der Waals surface area contributed by atoms with E-state index in [1.165, 1.54) is 24.2 Å². The lowest BCUT2D eigenvalue weighted by Gasteiger charge is -2.30. The van der Waals surface area contributed by atoms with Crippen LogP contribution >= 0.6 is 0 Å². The van der Waals surface area contributed by atoms with Gasteiger partial charge in [0.2, 0.25) is 0 Å². The third kappa shape index (κ3) is 3.15. The maximum Gasteiger partial charge on any atom is 0.130 e. The van der Waals surface area contributed by atoms with Gasteiger partial charge in [-0.1, -0.05) is 0 Å². The fraction of sp³-hybridized carbons (Fsp3) is 0.800. The molecule has 0 saturated carbocycles. The molecule has 1 fully saturated rings. The molecule has 2 N–H and O–H groups in total. The molecule has 2 atom stereocenters. The first-order valence-corrected chi connectivity index (χ1v) is 7.59. The predicted molar refractivity (Wildman–Crippen MR) is 84.2 cm³/mol. The van der Waals surface area contributed by atoms with Crippen molar-refractivity contribution in [3.05, 3.63) is 11.3 Å². The van der Waals surface area contributed by atoms with Gasteiger partial charge in [-0.25, -0.2) is 0 Å². The van der Waals surface area contributed by atoms with E-state index in [4.69, 9.17) is 5.73 Å². The van der Waals surface area contributed by atoms with Gasteiger partial charge < -0.3 is 15.5 Å². The van der Waals surface area contributed by atoms with Crippen LogP contribution in [0.25, 0.3) is 0 Å². The number of nitrogens with zero attached hydrogens (tertiary/aromatic N) is 4. The Hall–Kier alpha value is -1.07. The number of aryl methyl sites for hydroxylation is 2. The van der Waals surface area contributed by atoms with Gasteiger partial charge in [0.05, 0.1) is 5.69 Å². The Labute approximate surface area is 122 Å². The smallest absolute Gasteiger partial charge is 0.130 e. The molecule has 5 nitrogen and oxygen atoms in total. The van der Waals surface area contributed by atoms with Gasteiger partial charge in [-0.3, -0.25) is 4.68 Å². The molecule has 1 aliphatic heterocycles. The van der Waals surface area contributed by atoms with Gasteiger partial charge in [0.25, 0.3) is 0 Å². The van der Waals surface area contributed by atoms with E-state index in [1.807, 2.05) is 4.68 Å². The Morgan fingerprint density at radius 3 is 2.75 bits per heavy atom. The van der Waals surface area contributed by atoms with Gasteiger partial charge in [0.15, 0.2) is 0 Å². The second-order valence-corrected chi connectivity index (χ2v) is 6.44. The van der Waals surface area contributed by atoms with Gasteiger partial charge >= 0.3 is 0 Å². The van der Waals surface area contributed by atoms with Crippen LogP contribution in [-0.4, -0.2) is 53.9 Å². The molecule has 2 heterocycles. The van der Waals surface area contributed by atoms with Crippen LogP contribution in [0.4, 0.5) is 5.82 Å². The topological polar surface area (TPSA) is 50.3 Å². The van der Waals surface area contributed by atoms with Crippen molar-refractivity contribution in [2.24, 2.45) is 12.8 Å². The maximum atomic E-state index is 6.02. The summed E-state index contributed by atoms with van der Waals surface area (Å²) >= 11 is 0. The molecule has 0 spiro atoms. The summed E-state index contributed by atoms with van der Waals surface area (Å²) in [6, 6.07) is 0.762. The lowest BCUT2D eigenvalue weighted by Crippen LogP contribution is -2.39. The number of hydrogen-bond donors (Lipinski definition) is 1. The van der Waals surface area contributed by atoms with E-state index in [1.54, 1.807) is 0 Å². The number of anilines is 1. The number of nitrogens with two attached hydrogens (primary N) is 1. The summed E-state index contributed by atoms with van der Waals surface area (Å²) in [5, 5.41) is 4.63. The maximum absolute atomic E-state index is 6.02. The highest BCUT2D eigenvalue weighted by molar-refractivity contribution is 5.52. The van der Waals surface area contributed by atoms with E-state index >= 15 is 0 Å². The third-order valence-corrected chi connectivity index (χ3v) is 4.06. The largest absolute Gasteiger partial charge is 0.352 e. The fourth-order valence-electron chi connectivity index (χ4n) is 3.34. The minimum atomic E-state index is 0.173. The first-order valence-electron chi connectivity index (χ1n) is 7.59. The third-order valence-electron chi connectivity index (χ3n) is 4.06. The molecule has 0 amide bonds. The average molecular weight is 279 g/mol. The Bertz CT molecular complexity index is 449. The molecule has 0 bridgehead atoms. The van der Waals surface area contributed by atoms with Crippen LogP contribution in [0.5, 0.6) is 0 Å². The molecule has 1 aliphatic rings. The van der Waals surface area contributed by atoms with Gasteiger partial charge in [-0.05, 0) is 47.2 Å². The second-order valence-electron chi connectivity index (χ2n) is 6.44. The molecule has 2 rings (SSSR count). The van der Waals surface area contributed by atoms with Crippen molar-refractivity contribution in [2.45, 2.75) is 45.2 Å². The minimum absolute atomic E-state index is 0.173. The highest BCUT2D eigenvalue weighted by atomic mass is 15.4. The molecule has 0 radical (unpaired) electrons. The SMILES string of the molecule is Cc1nn(C)c(N2CCCC2CN(C)C)c1CC(C)N. The first-order chi connectivity index (χ1) is 9.40. The fourth-order valence-corrected chi connectivity index (χ4v) is 3.34. The van der Waals surface area contributed by atoms with Gasteiger partial charge in [-0.15, -0.1) is 0 Å². The summed E-state index contributed by atoms with van der Waals surface area (Å²) < 4.78 is 2.04. The normalized spacial score (nSPS) is 20.9. The lowest BCUT2D eigenvalue weighted by atomic mass is 10.1. The minimum Gasteiger partial charge on any atom is -0.352 e. The van der Waals surface area contributed by atoms with E-state index in [2.05, 4.69) is 49.9 Å². The van der Waals surface area contributed by atoms with Crippen molar-refractivity contribution in [1.82, 2.24) is 14.7 Å². The van der Waals surface area contributed by atoms with Crippen LogP contribution in [0.2, 0.25) is 0 Å². The van der Waals surface area contributed by atoms with Crippen LogP contribution in [0.3, 0.4) is 0 Å². The molecule has 1 aromatic heterocycles. The van der Waals surface area contributed by atoms with Crippen LogP contribution in [-0.2, 0) is 13.5 Å². The zero-order chi connectivity index (χ0) is 14.9. The lowest BCUT2D eigenvalue weighted by molar-refractivity contribution is 0.370. The number of likely N-dealkylation sites (N-methyl/N-ethyl adjacent to an activating group) is 1. The number of rotatable bonds is 5. The van der Waals surface area contributed by atoms with E-state index in [0.29, 0.717) is 6.04 Å².